The van der Waals surface area contributed by atoms with Gasteiger partial charge in [-0.05, 0) is 12.8 Å². The Balaban J connectivity index is 2.36. The van der Waals surface area contributed by atoms with Crippen LogP contribution in [0.1, 0.15) is 12.8 Å². The Morgan fingerprint density at radius 2 is 2.10 bits per heavy atom. The van der Waals surface area contributed by atoms with Gasteiger partial charge in [0.15, 0.2) is 0 Å². The average molecular weight is 163 g/mol. The summed E-state index contributed by atoms with van der Waals surface area (Å²) in [5.41, 5.74) is 6.72. The van der Waals surface area contributed by atoms with Gasteiger partial charge in [0.05, 0.1) is 5.25 Å². The third-order valence-electron chi connectivity index (χ3n) is 1.39. The van der Waals surface area contributed by atoms with Crippen LogP contribution in [0.25, 0.3) is 0 Å². The summed E-state index contributed by atoms with van der Waals surface area (Å²) in [6.45, 7) is 0.366. The molecule has 0 saturated heterocycles. The topological polar surface area (TPSA) is 70.0 Å². The van der Waals surface area contributed by atoms with E-state index in [0.717, 1.165) is 12.8 Å². The molecule has 0 aliphatic heterocycles. The minimum Gasteiger partial charge on any atom is -0.256 e. The highest BCUT2D eigenvalue weighted by Gasteiger charge is 2.34. The van der Waals surface area contributed by atoms with Crippen molar-refractivity contribution in [3.05, 3.63) is 0 Å². The molecule has 0 unspecified atom stereocenters. The number of nitrogens with one attached hydrogen (secondary N) is 2. The zero-order valence-electron chi connectivity index (χ0n) is 5.63. The summed E-state index contributed by atoms with van der Waals surface area (Å²) in [5, 5.41) is -0.154. The first kappa shape index (κ1) is 7.97. The summed E-state index contributed by atoms with van der Waals surface area (Å²) in [4.78, 5) is 0. The summed E-state index contributed by atoms with van der Waals surface area (Å²) in [7, 11) is -3.02. The molecule has 1 radical (unpaired) electrons. The maximum absolute atomic E-state index is 11.0. The van der Waals surface area contributed by atoms with Crippen LogP contribution in [0.15, 0.2) is 0 Å². The normalized spacial score (nSPS) is 19.3. The molecule has 2 N–H and O–H groups in total. The zero-order chi connectivity index (χ0) is 7.61. The van der Waals surface area contributed by atoms with E-state index in [2.05, 4.69) is 4.72 Å². The largest absolute Gasteiger partial charge is 0.256 e. The van der Waals surface area contributed by atoms with Crippen molar-refractivity contribution >= 4 is 10.0 Å². The van der Waals surface area contributed by atoms with Crippen LogP contribution in [0.3, 0.4) is 0 Å². The predicted octanol–water partition coefficient (Wildman–Crippen LogP) is -0.649. The van der Waals surface area contributed by atoms with Gasteiger partial charge in [-0.15, -0.1) is 0 Å². The van der Waals surface area contributed by atoms with Crippen LogP contribution in [0, 0.1) is 0 Å². The van der Waals surface area contributed by atoms with Crippen molar-refractivity contribution in [1.82, 2.24) is 10.5 Å². The number of rotatable bonds is 4. The molecule has 1 rings (SSSR count). The SMILES string of the molecule is [NH]CCNS(=O)(=O)C1CC1. The Bertz CT molecular complexity index is 196. The van der Waals surface area contributed by atoms with Gasteiger partial charge in [0.2, 0.25) is 10.0 Å². The molecule has 0 aromatic heterocycles. The van der Waals surface area contributed by atoms with Crippen molar-refractivity contribution in [1.29, 1.82) is 0 Å². The maximum Gasteiger partial charge on any atom is 0.214 e. The van der Waals surface area contributed by atoms with Gasteiger partial charge < -0.3 is 0 Å². The molecule has 1 aliphatic rings. The van der Waals surface area contributed by atoms with E-state index in [-0.39, 0.29) is 18.3 Å². The Morgan fingerprint density at radius 1 is 1.50 bits per heavy atom. The Hall–Kier alpha value is -0.130. The van der Waals surface area contributed by atoms with Gasteiger partial charge in [-0.3, -0.25) is 5.73 Å². The van der Waals surface area contributed by atoms with Gasteiger partial charge in [0.1, 0.15) is 0 Å². The first-order valence-corrected chi connectivity index (χ1v) is 4.84. The Labute approximate surface area is 60.8 Å². The number of sulfonamides is 1. The lowest BCUT2D eigenvalue weighted by molar-refractivity contribution is 0.580. The molecule has 0 aromatic rings. The molecule has 1 saturated carbocycles. The van der Waals surface area contributed by atoms with E-state index in [4.69, 9.17) is 5.73 Å². The quantitative estimate of drug-likeness (QED) is 0.598. The van der Waals surface area contributed by atoms with Gasteiger partial charge >= 0.3 is 0 Å². The third kappa shape index (κ3) is 1.93. The van der Waals surface area contributed by atoms with E-state index in [1.54, 1.807) is 0 Å². The average Bonchev–Trinajstić information content (AvgIpc) is 2.64. The van der Waals surface area contributed by atoms with Crippen LogP contribution < -0.4 is 10.5 Å². The van der Waals surface area contributed by atoms with Gasteiger partial charge in [-0.25, -0.2) is 13.1 Å². The number of hydrogen-bond donors (Lipinski definition) is 1. The highest BCUT2D eigenvalue weighted by molar-refractivity contribution is 7.90. The highest BCUT2D eigenvalue weighted by atomic mass is 32.2. The van der Waals surface area contributed by atoms with E-state index in [9.17, 15) is 8.42 Å². The first-order chi connectivity index (χ1) is 4.67. The Kier molecular flexibility index (Phi) is 2.28. The van der Waals surface area contributed by atoms with E-state index in [1.165, 1.54) is 0 Å². The van der Waals surface area contributed by atoms with Gasteiger partial charge in [-0.1, -0.05) is 0 Å². The van der Waals surface area contributed by atoms with Crippen molar-refractivity contribution in [2.24, 2.45) is 0 Å². The van der Waals surface area contributed by atoms with Crippen LogP contribution in [-0.2, 0) is 10.0 Å². The second kappa shape index (κ2) is 2.86. The molecular weight excluding hydrogens is 152 g/mol. The molecule has 0 spiro atoms. The highest BCUT2D eigenvalue weighted by Crippen LogP contribution is 2.26. The van der Waals surface area contributed by atoms with Crippen LogP contribution >= 0.6 is 0 Å². The molecule has 0 amide bonds. The minimum atomic E-state index is -3.02. The van der Waals surface area contributed by atoms with Crippen molar-refractivity contribution in [2.45, 2.75) is 18.1 Å². The van der Waals surface area contributed by atoms with E-state index in [1.807, 2.05) is 0 Å². The van der Waals surface area contributed by atoms with Crippen molar-refractivity contribution in [3.63, 3.8) is 0 Å². The second-order valence-electron chi connectivity index (χ2n) is 2.39. The zero-order valence-corrected chi connectivity index (χ0v) is 6.45. The molecule has 1 aliphatic carbocycles. The minimum absolute atomic E-state index is 0.117. The van der Waals surface area contributed by atoms with Crippen LogP contribution in [0.5, 0.6) is 0 Å². The maximum atomic E-state index is 11.0. The summed E-state index contributed by atoms with van der Waals surface area (Å²) in [6.07, 6.45) is 1.57. The lowest BCUT2D eigenvalue weighted by Crippen LogP contribution is -2.29. The van der Waals surface area contributed by atoms with Gasteiger partial charge in [-0.2, -0.15) is 0 Å². The summed E-state index contributed by atoms with van der Waals surface area (Å²) in [6, 6.07) is 0. The lowest BCUT2D eigenvalue weighted by atomic mass is 10.7. The van der Waals surface area contributed by atoms with Crippen LogP contribution in [0.4, 0.5) is 0 Å². The molecule has 0 aromatic carbocycles. The molecule has 5 heteroatoms. The molecular formula is C5H11N2O2S. The fourth-order valence-corrected chi connectivity index (χ4v) is 2.07. The summed E-state index contributed by atoms with van der Waals surface area (Å²) < 4.78 is 24.3. The standard InChI is InChI=1S/C5H11N2O2S/c6-3-4-7-10(8,9)5-1-2-5/h5-7H,1-4H2. The molecule has 0 atom stereocenters. The van der Waals surface area contributed by atoms with E-state index >= 15 is 0 Å². The fraction of sp³-hybridized carbons (Fsp3) is 1.00. The molecule has 10 heavy (non-hydrogen) atoms. The summed E-state index contributed by atoms with van der Waals surface area (Å²) in [5.74, 6) is 0. The molecule has 0 heterocycles. The van der Waals surface area contributed by atoms with E-state index in [0.29, 0.717) is 0 Å². The molecule has 4 nitrogen and oxygen atoms in total. The molecule has 0 bridgehead atoms. The van der Waals surface area contributed by atoms with Crippen molar-refractivity contribution in [2.75, 3.05) is 13.1 Å². The van der Waals surface area contributed by atoms with Crippen LogP contribution in [0.2, 0.25) is 0 Å². The van der Waals surface area contributed by atoms with Gasteiger partial charge in [0.25, 0.3) is 0 Å². The smallest absolute Gasteiger partial charge is 0.214 e. The lowest BCUT2D eigenvalue weighted by Gasteiger charge is -2.01. The predicted molar refractivity (Wildman–Crippen MR) is 37.9 cm³/mol. The molecule has 59 valence electrons. The molecule has 1 fully saturated rings. The van der Waals surface area contributed by atoms with Crippen molar-refractivity contribution < 1.29 is 8.42 Å². The van der Waals surface area contributed by atoms with Crippen molar-refractivity contribution in [3.8, 4) is 0 Å². The first-order valence-electron chi connectivity index (χ1n) is 3.30. The van der Waals surface area contributed by atoms with Gasteiger partial charge in [0, 0.05) is 13.1 Å². The van der Waals surface area contributed by atoms with Crippen LogP contribution in [-0.4, -0.2) is 26.8 Å². The van der Waals surface area contributed by atoms with E-state index < -0.39 is 10.0 Å². The second-order valence-corrected chi connectivity index (χ2v) is 4.43. The number of hydrogen-bond acceptors (Lipinski definition) is 2. The Morgan fingerprint density at radius 3 is 2.50 bits per heavy atom. The monoisotopic (exact) mass is 163 g/mol. The summed E-state index contributed by atoms with van der Waals surface area (Å²) >= 11 is 0. The fourth-order valence-electron chi connectivity index (χ4n) is 0.689. The third-order valence-corrected chi connectivity index (χ3v) is 3.35.